The zero-order valence-electron chi connectivity index (χ0n) is 19.6. The Morgan fingerprint density at radius 3 is 2.31 bits per heavy atom. The summed E-state index contributed by atoms with van der Waals surface area (Å²) in [5.41, 5.74) is -2.04. The van der Waals surface area contributed by atoms with Crippen molar-refractivity contribution in [3.8, 4) is 0 Å². The van der Waals surface area contributed by atoms with Gasteiger partial charge in [0.15, 0.2) is 5.82 Å². The summed E-state index contributed by atoms with van der Waals surface area (Å²) in [6.45, 7) is -3.22. The number of hydrogen-bond donors (Lipinski definition) is 2. The van der Waals surface area contributed by atoms with Gasteiger partial charge in [0.25, 0.3) is 5.91 Å². The second-order valence-corrected chi connectivity index (χ2v) is 10.8. The van der Waals surface area contributed by atoms with E-state index in [9.17, 15) is 40.3 Å². The molecule has 1 aromatic carbocycles. The van der Waals surface area contributed by atoms with Crippen molar-refractivity contribution in [2.24, 2.45) is 5.16 Å². The highest BCUT2D eigenvalue weighted by atomic mass is 35.5. The number of fused-ring (bicyclic) bond motifs is 1. The van der Waals surface area contributed by atoms with E-state index in [0.717, 1.165) is 23.5 Å². The standard InChI is InChI=1S/C23H18Cl2F7N3O3S/c24-13-4-10(5-14(25)17(13)26)21(23(30,31)32)6-15(35-38-9-21)18-11-2-1-3-12(11)19(39-18)20(37)33-7-16(36)34-8-22(27,28)29/h4-5H,1-3,6-9H2,(H,33,37)(H,34,36). The van der Waals surface area contributed by atoms with E-state index in [1.807, 2.05) is 0 Å². The van der Waals surface area contributed by atoms with E-state index < -0.39 is 77.1 Å². The fraction of sp³-hybridized carbons (Fsp3) is 0.435. The highest BCUT2D eigenvalue weighted by molar-refractivity contribution is 7.16. The second kappa shape index (κ2) is 10.8. The molecule has 0 spiro atoms. The van der Waals surface area contributed by atoms with Crippen LogP contribution in [0.1, 0.15) is 44.1 Å². The molecular formula is C23H18Cl2F7N3O3S. The van der Waals surface area contributed by atoms with E-state index in [2.05, 4.69) is 10.5 Å². The number of nitrogens with one attached hydrogen (secondary N) is 2. The van der Waals surface area contributed by atoms with Gasteiger partial charge in [0.2, 0.25) is 5.91 Å². The Labute approximate surface area is 230 Å². The third-order valence-electron chi connectivity index (χ3n) is 6.37. The maximum atomic E-state index is 14.6. The van der Waals surface area contributed by atoms with Gasteiger partial charge >= 0.3 is 12.4 Å². The minimum atomic E-state index is -4.90. The topological polar surface area (TPSA) is 79.8 Å². The van der Waals surface area contributed by atoms with Crippen molar-refractivity contribution in [2.45, 2.75) is 43.5 Å². The molecule has 1 unspecified atom stereocenters. The van der Waals surface area contributed by atoms with Crippen molar-refractivity contribution in [3.05, 3.63) is 54.4 Å². The lowest BCUT2D eigenvalue weighted by atomic mass is 9.75. The molecule has 1 aliphatic heterocycles. The molecule has 1 atom stereocenters. The molecule has 0 saturated heterocycles. The summed E-state index contributed by atoms with van der Waals surface area (Å²) in [5, 5.41) is 6.53. The third-order valence-corrected chi connectivity index (χ3v) is 8.24. The van der Waals surface area contributed by atoms with Gasteiger partial charge in [-0.2, -0.15) is 26.3 Å². The van der Waals surface area contributed by atoms with E-state index in [-0.39, 0.29) is 15.5 Å². The molecule has 0 saturated carbocycles. The van der Waals surface area contributed by atoms with Crippen LogP contribution in [0.15, 0.2) is 17.3 Å². The Morgan fingerprint density at radius 2 is 1.69 bits per heavy atom. The van der Waals surface area contributed by atoms with Crippen LogP contribution in [0.4, 0.5) is 30.7 Å². The van der Waals surface area contributed by atoms with Crippen molar-refractivity contribution >= 4 is 52.1 Å². The molecule has 2 amide bonds. The first-order valence-electron chi connectivity index (χ1n) is 11.3. The van der Waals surface area contributed by atoms with Crippen LogP contribution < -0.4 is 10.6 Å². The van der Waals surface area contributed by atoms with Crippen LogP contribution in [0.2, 0.25) is 10.0 Å². The molecule has 1 aliphatic carbocycles. The van der Waals surface area contributed by atoms with Gasteiger partial charge in [-0.1, -0.05) is 28.4 Å². The molecule has 4 rings (SSSR count). The van der Waals surface area contributed by atoms with E-state index in [4.69, 9.17) is 28.0 Å². The summed E-state index contributed by atoms with van der Waals surface area (Å²) in [5.74, 6) is -2.89. The zero-order valence-corrected chi connectivity index (χ0v) is 21.9. The summed E-state index contributed by atoms with van der Waals surface area (Å²) in [6.07, 6.45) is -8.78. The van der Waals surface area contributed by atoms with Gasteiger partial charge in [-0.3, -0.25) is 9.59 Å². The van der Waals surface area contributed by atoms with Crippen LogP contribution in [0.3, 0.4) is 0 Å². The predicted octanol–water partition coefficient (Wildman–Crippen LogP) is 5.72. The Kier molecular flexibility index (Phi) is 8.12. The summed E-state index contributed by atoms with van der Waals surface area (Å²) < 4.78 is 94.5. The fourth-order valence-electron chi connectivity index (χ4n) is 4.46. The highest BCUT2D eigenvalue weighted by Crippen LogP contribution is 2.49. The number of rotatable bonds is 6. The normalized spacial score (nSPS) is 19.3. The van der Waals surface area contributed by atoms with E-state index in [1.165, 1.54) is 0 Å². The van der Waals surface area contributed by atoms with Crippen molar-refractivity contribution in [1.82, 2.24) is 10.6 Å². The molecule has 1 aromatic heterocycles. The number of carbonyl (C=O) groups is 2. The summed E-state index contributed by atoms with van der Waals surface area (Å²) in [6, 6.07) is 1.67. The largest absolute Gasteiger partial charge is 0.405 e. The van der Waals surface area contributed by atoms with E-state index >= 15 is 0 Å². The smallest absolute Gasteiger partial charge is 0.394 e. The maximum Gasteiger partial charge on any atom is 0.405 e. The van der Waals surface area contributed by atoms with Gasteiger partial charge in [0, 0.05) is 6.42 Å². The molecule has 6 nitrogen and oxygen atoms in total. The average Bonchev–Trinajstić information content (AvgIpc) is 3.46. The number of hydrogen-bond acceptors (Lipinski definition) is 5. The number of carbonyl (C=O) groups excluding carboxylic acids is 2. The van der Waals surface area contributed by atoms with Gasteiger partial charge in [-0.05, 0) is 48.1 Å². The first-order chi connectivity index (χ1) is 18.1. The van der Waals surface area contributed by atoms with Gasteiger partial charge in [0.05, 0.1) is 32.1 Å². The molecule has 2 aromatic rings. The lowest BCUT2D eigenvalue weighted by Gasteiger charge is -2.37. The van der Waals surface area contributed by atoms with Gasteiger partial charge in [0.1, 0.15) is 18.6 Å². The summed E-state index contributed by atoms with van der Waals surface area (Å²) in [4.78, 5) is 29.9. The van der Waals surface area contributed by atoms with Gasteiger partial charge in [-0.15, -0.1) is 11.3 Å². The summed E-state index contributed by atoms with van der Waals surface area (Å²) >= 11 is 12.4. The Hall–Kier alpha value is -2.58. The molecule has 0 radical (unpaired) electrons. The maximum absolute atomic E-state index is 14.6. The molecule has 0 bridgehead atoms. The SMILES string of the molecule is O=C(CNC(=O)c1sc(C2=NOCC(c3cc(Cl)c(F)c(Cl)c3)(C(F)(F)F)C2)c2c1CCC2)NCC(F)(F)F. The first kappa shape index (κ1) is 29.4. The third kappa shape index (κ3) is 5.97. The van der Waals surface area contributed by atoms with Crippen LogP contribution >= 0.6 is 34.5 Å². The van der Waals surface area contributed by atoms with Crippen LogP contribution in [0, 0.1) is 5.82 Å². The van der Waals surface area contributed by atoms with Gasteiger partial charge < -0.3 is 15.5 Å². The molecule has 2 heterocycles. The quantitative estimate of drug-likeness (QED) is 0.321. The van der Waals surface area contributed by atoms with Crippen LogP contribution in [0.5, 0.6) is 0 Å². The number of amides is 2. The fourth-order valence-corrected chi connectivity index (χ4v) is 6.24. The minimum absolute atomic E-state index is 0.0970. The lowest BCUT2D eigenvalue weighted by Crippen LogP contribution is -2.49. The molecule has 39 heavy (non-hydrogen) atoms. The number of thiophene rings is 1. The van der Waals surface area contributed by atoms with Crippen molar-refractivity contribution in [3.63, 3.8) is 0 Å². The van der Waals surface area contributed by atoms with E-state index in [1.54, 1.807) is 5.32 Å². The Morgan fingerprint density at radius 1 is 1.05 bits per heavy atom. The number of alkyl halides is 6. The predicted molar refractivity (Wildman–Crippen MR) is 129 cm³/mol. The number of halogens is 9. The average molecular weight is 620 g/mol. The zero-order chi connectivity index (χ0) is 28.8. The monoisotopic (exact) mass is 619 g/mol. The second-order valence-electron chi connectivity index (χ2n) is 8.97. The molecule has 0 fully saturated rings. The number of oxime groups is 1. The Bertz CT molecular complexity index is 1320. The molecule has 16 heteroatoms. The van der Waals surface area contributed by atoms with Gasteiger partial charge in [-0.25, -0.2) is 4.39 Å². The first-order valence-corrected chi connectivity index (χ1v) is 12.9. The minimum Gasteiger partial charge on any atom is -0.394 e. The highest BCUT2D eigenvalue weighted by Gasteiger charge is 2.59. The van der Waals surface area contributed by atoms with Crippen LogP contribution in [0.25, 0.3) is 0 Å². The molecule has 2 aliphatic rings. The van der Waals surface area contributed by atoms with Crippen molar-refractivity contribution in [1.29, 1.82) is 0 Å². The lowest BCUT2D eigenvalue weighted by molar-refractivity contribution is -0.207. The number of nitrogens with zero attached hydrogens (tertiary/aromatic N) is 1. The molecule has 2 N–H and O–H groups in total. The molecule has 212 valence electrons. The summed E-state index contributed by atoms with van der Waals surface area (Å²) in [7, 11) is 0. The van der Waals surface area contributed by atoms with Crippen molar-refractivity contribution in [2.75, 3.05) is 19.7 Å². The van der Waals surface area contributed by atoms with Crippen LogP contribution in [-0.2, 0) is 27.9 Å². The Balaban J connectivity index is 1.62. The van der Waals surface area contributed by atoms with Crippen molar-refractivity contribution < 1.29 is 45.2 Å². The van der Waals surface area contributed by atoms with E-state index in [0.29, 0.717) is 30.4 Å². The number of benzene rings is 1. The molecular weight excluding hydrogens is 602 g/mol. The van der Waals surface area contributed by atoms with Crippen LogP contribution in [-0.4, -0.2) is 49.6 Å².